The van der Waals surface area contributed by atoms with Crippen LogP contribution in [-0.4, -0.2) is 17.8 Å². The lowest BCUT2D eigenvalue weighted by Gasteiger charge is -2.07. The first-order valence-electron chi connectivity index (χ1n) is 3.95. The zero-order valence-electron chi connectivity index (χ0n) is 6.21. The van der Waals surface area contributed by atoms with Gasteiger partial charge in [-0.05, 0) is 36.7 Å². The summed E-state index contributed by atoms with van der Waals surface area (Å²) in [6.07, 6.45) is 5.69. The van der Waals surface area contributed by atoms with Crippen molar-refractivity contribution in [3.8, 4) is 0 Å². The summed E-state index contributed by atoms with van der Waals surface area (Å²) in [6.45, 7) is 0. The van der Waals surface area contributed by atoms with E-state index in [-0.39, 0.29) is 0 Å². The molecule has 0 saturated carbocycles. The smallest absolute Gasteiger partial charge is 0.120 e. The van der Waals surface area contributed by atoms with Crippen LogP contribution in [0.3, 0.4) is 0 Å². The first-order chi connectivity index (χ1) is 4.93. The molecule has 0 aromatic heterocycles. The molecule has 0 bridgehead atoms. The Morgan fingerprint density at radius 2 is 2.30 bits per heavy atom. The molecule has 0 radical (unpaired) electrons. The van der Waals surface area contributed by atoms with Gasteiger partial charge in [0.1, 0.15) is 6.29 Å². The summed E-state index contributed by atoms with van der Waals surface area (Å²) in [5.74, 6) is 3.26. The maximum Gasteiger partial charge on any atom is 0.120 e. The van der Waals surface area contributed by atoms with Crippen LogP contribution in [0.15, 0.2) is 0 Å². The monoisotopic (exact) mass is 158 g/mol. The van der Waals surface area contributed by atoms with Gasteiger partial charge in [0, 0.05) is 6.42 Å². The van der Waals surface area contributed by atoms with Crippen LogP contribution in [0.4, 0.5) is 0 Å². The predicted molar refractivity (Wildman–Crippen MR) is 45.3 cm³/mol. The molecule has 1 nitrogen and oxygen atoms in total. The molecule has 0 N–H and O–H groups in total. The van der Waals surface area contributed by atoms with Crippen molar-refractivity contribution in [2.45, 2.75) is 25.7 Å². The van der Waals surface area contributed by atoms with Crippen LogP contribution in [0.2, 0.25) is 0 Å². The van der Waals surface area contributed by atoms with E-state index in [1.807, 2.05) is 11.8 Å². The fourth-order valence-electron chi connectivity index (χ4n) is 1.34. The van der Waals surface area contributed by atoms with E-state index in [0.29, 0.717) is 5.92 Å². The van der Waals surface area contributed by atoms with Gasteiger partial charge in [0.05, 0.1) is 0 Å². The van der Waals surface area contributed by atoms with Crippen molar-refractivity contribution >= 4 is 18.0 Å². The Hall–Kier alpha value is 0.0200. The summed E-state index contributed by atoms with van der Waals surface area (Å²) < 4.78 is 0. The van der Waals surface area contributed by atoms with Crippen LogP contribution in [-0.2, 0) is 4.79 Å². The molecule has 0 aromatic carbocycles. The molecule has 1 heterocycles. The van der Waals surface area contributed by atoms with Gasteiger partial charge in [-0.3, -0.25) is 0 Å². The first-order valence-corrected chi connectivity index (χ1v) is 5.10. The molecule has 0 aromatic rings. The molecule has 1 fully saturated rings. The van der Waals surface area contributed by atoms with Gasteiger partial charge in [-0.25, -0.2) is 0 Å². The Kier molecular flexibility index (Phi) is 3.88. The van der Waals surface area contributed by atoms with E-state index in [1.54, 1.807) is 0 Å². The van der Waals surface area contributed by atoms with Crippen LogP contribution in [0.1, 0.15) is 25.7 Å². The van der Waals surface area contributed by atoms with Crippen LogP contribution in [0.25, 0.3) is 0 Å². The molecule has 2 heteroatoms. The van der Waals surface area contributed by atoms with Gasteiger partial charge in [-0.2, -0.15) is 11.8 Å². The maximum atomic E-state index is 10.2. The number of carbonyl (C=O) groups is 1. The largest absolute Gasteiger partial charge is 0.303 e. The normalized spacial score (nSPS) is 27.4. The molecule has 58 valence electrons. The minimum Gasteiger partial charge on any atom is -0.303 e. The number of thioether (sulfide) groups is 1. The minimum absolute atomic E-state index is 0.701. The number of carbonyl (C=O) groups excluding carboxylic acids is 1. The van der Waals surface area contributed by atoms with Crippen molar-refractivity contribution in [3.63, 3.8) is 0 Å². The highest BCUT2D eigenvalue weighted by molar-refractivity contribution is 7.99. The maximum absolute atomic E-state index is 10.2. The lowest BCUT2D eigenvalue weighted by Crippen LogP contribution is -2.00. The van der Waals surface area contributed by atoms with E-state index >= 15 is 0 Å². The Morgan fingerprint density at radius 3 is 3.10 bits per heavy atom. The van der Waals surface area contributed by atoms with Gasteiger partial charge in [-0.15, -0.1) is 0 Å². The SMILES string of the molecule is O=CCC1CCCSCC1. The second-order valence-corrected chi connectivity index (χ2v) is 4.04. The summed E-state index contributed by atoms with van der Waals surface area (Å²) in [7, 11) is 0. The third-order valence-corrected chi connectivity index (χ3v) is 3.10. The van der Waals surface area contributed by atoms with Gasteiger partial charge < -0.3 is 4.79 Å². The number of hydrogen-bond acceptors (Lipinski definition) is 2. The highest BCUT2D eigenvalue weighted by Gasteiger charge is 2.10. The molecule has 1 aliphatic rings. The summed E-state index contributed by atoms with van der Waals surface area (Å²) in [4.78, 5) is 10.2. The van der Waals surface area contributed by atoms with Crippen molar-refractivity contribution in [3.05, 3.63) is 0 Å². The van der Waals surface area contributed by atoms with Crippen molar-refractivity contribution in [1.82, 2.24) is 0 Å². The molecule has 1 unspecified atom stereocenters. The van der Waals surface area contributed by atoms with E-state index in [4.69, 9.17) is 0 Å². The van der Waals surface area contributed by atoms with Gasteiger partial charge in [0.2, 0.25) is 0 Å². The molecule has 10 heavy (non-hydrogen) atoms. The third kappa shape index (κ3) is 2.74. The molecule has 1 aliphatic heterocycles. The van der Waals surface area contributed by atoms with Gasteiger partial charge in [0.15, 0.2) is 0 Å². The molecule has 1 atom stereocenters. The molecular formula is C8H14OS. The first kappa shape index (κ1) is 8.12. The zero-order chi connectivity index (χ0) is 7.23. The van der Waals surface area contributed by atoms with Gasteiger partial charge >= 0.3 is 0 Å². The highest BCUT2D eigenvalue weighted by Crippen LogP contribution is 2.23. The van der Waals surface area contributed by atoms with Gasteiger partial charge in [0.25, 0.3) is 0 Å². The summed E-state index contributed by atoms with van der Waals surface area (Å²) in [5.41, 5.74) is 0. The van der Waals surface area contributed by atoms with Crippen LogP contribution < -0.4 is 0 Å². The van der Waals surface area contributed by atoms with E-state index in [2.05, 4.69) is 0 Å². The second kappa shape index (κ2) is 4.78. The summed E-state index contributed by atoms with van der Waals surface area (Å²) in [5, 5.41) is 0. The fourth-order valence-corrected chi connectivity index (χ4v) is 2.42. The van der Waals surface area contributed by atoms with Crippen LogP contribution in [0.5, 0.6) is 0 Å². The summed E-state index contributed by atoms with van der Waals surface area (Å²) >= 11 is 2.03. The van der Waals surface area contributed by atoms with E-state index in [9.17, 15) is 4.79 Å². The molecular weight excluding hydrogens is 144 g/mol. The van der Waals surface area contributed by atoms with Crippen LogP contribution in [0, 0.1) is 5.92 Å². The van der Waals surface area contributed by atoms with Crippen molar-refractivity contribution in [2.24, 2.45) is 5.92 Å². The quantitative estimate of drug-likeness (QED) is 0.572. The lowest BCUT2D eigenvalue weighted by molar-refractivity contribution is -0.108. The van der Waals surface area contributed by atoms with Gasteiger partial charge in [-0.1, -0.05) is 0 Å². The van der Waals surface area contributed by atoms with Crippen molar-refractivity contribution in [2.75, 3.05) is 11.5 Å². The minimum atomic E-state index is 0.701. The number of hydrogen-bond donors (Lipinski definition) is 0. The number of rotatable bonds is 2. The molecule has 0 spiro atoms. The highest BCUT2D eigenvalue weighted by atomic mass is 32.2. The Bertz CT molecular complexity index is 95.4. The molecule has 1 saturated heterocycles. The van der Waals surface area contributed by atoms with E-state index < -0.39 is 0 Å². The topological polar surface area (TPSA) is 17.1 Å². The average molecular weight is 158 g/mol. The second-order valence-electron chi connectivity index (χ2n) is 2.81. The molecule has 0 aliphatic carbocycles. The van der Waals surface area contributed by atoms with Crippen molar-refractivity contribution in [1.29, 1.82) is 0 Å². The fraction of sp³-hybridized carbons (Fsp3) is 0.875. The van der Waals surface area contributed by atoms with E-state index in [0.717, 1.165) is 12.7 Å². The Balaban J connectivity index is 2.21. The van der Waals surface area contributed by atoms with E-state index in [1.165, 1.54) is 30.8 Å². The zero-order valence-corrected chi connectivity index (χ0v) is 7.03. The lowest BCUT2D eigenvalue weighted by atomic mass is 9.98. The Morgan fingerprint density at radius 1 is 1.40 bits per heavy atom. The Labute approximate surface area is 66.6 Å². The molecule has 1 rings (SSSR count). The molecule has 0 amide bonds. The van der Waals surface area contributed by atoms with Crippen molar-refractivity contribution < 1.29 is 4.79 Å². The predicted octanol–water partition coefficient (Wildman–Crippen LogP) is 2.11. The average Bonchev–Trinajstić information content (AvgIpc) is 2.17. The summed E-state index contributed by atoms with van der Waals surface area (Å²) in [6, 6.07) is 0. The van der Waals surface area contributed by atoms with Crippen LogP contribution >= 0.6 is 11.8 Å². The number of aldehydes is 1. The third-order valence-electron chi connectivity index (χ3n) is 2.00. The standard InChI is InChI=1S/C8H14OS/c9-5-3-8-2-1-6-10-7-4-8/h5,8H,1-4,6-7H2.